The number of morpholine rings is 1. The SMILES string of the molecule is Cc1cc2c(N3CCOCC3CNC(C)C)nccn2n1. The van der Waals surface area contributed by atoms with Crippen molar-refractivity contribution in [2.45, 2.75) is 32.9 Å². The van der Waals surface area contributed by atoms with Crippen LogP contribution in [-0.4, -0.2) is 53.0 Å². The Morgan fingerprint density at radius 3 is 3.14 bits per heavy atom. The molecule has 6 nitrogen and oxygen atoms in total. The third kappa shape index (κ3) is 3.01. The molecule has 1 aliphatic heterocycles. The highest BCUT2D eigenvalue weighted by molar-refractivity contribution is 5.69. The Balaban J connectivity index is 1.90. The molecule has 2 aromatic heterocycles. The first-order chi connectivity index (χ1) is 10.1. The van der Waals surface area contributed by atoms with Gasteiger partial charge in [0.05, 0.1) is 24.9 Å². The second-order valence-electron chi connectivity index (χ2n) is 5.85. The number of aromatic nitrogens is 3. The lowest BCUT2D eigenvalue weighted by Gasteiger charge is -2.37. The van der Waals surface area contributed by atoms with Crippen LogP contribution >= 0.6 is 0 Å². The van der Waals surface area contributed by atoms with E-state index in [0.717, 1.165) is 43.3 Å². The molecule has 0 aliphatic carbocycles. The Morgan fingerprint density at radius 2 is 2.33 bits per heavy atom. The molecule has 1 aliphatic rings. The van der Waals surface area contributed by atoms with E-state index in [0.29, 0.717) is 12.1 Å². The number of ether oxygens (including phenoxy) is 1. The number of rotatable bonds is 4. The Morgan fingerprint density at radius 1 is 1.48 bits per heavy atom. The van der Waals surface area contributed by atoms with Crippen LogP contribution in [0.25, 0.3) is 5.52 Å². The number of nitrogens with one attached hydrogen (secondary N) is 1. The molecule has 0 radical (unpaired) electrons. The molecule has 0 spiro atoms. The average Bonchev–Trinajstić information content (AvgIpc) is 2.85. The molecule has 1 atom stereocenters. The molecular formula is C15H23N5O. The van der Waals surface area contributed by atoms with Gasteiger partial charge in [0.1, 0.15) is 5.52 Å². The van der Waals surface area contributed by atoms with Gasteiger partial charge in [-0.05, 0) is 13.0 Å². The summed E-state index contributed by atoms with van der Waals surface area (Å²) in [6, 6.07) is 2.86. The van der Waals surface area contributed by atoms with E-state index in [1.807, 2.05) is 23.8 Å². The van der Waals surface area contributed by atoms with Crippen molar-refractivity contribution < 1.29 is 4.74 Å². The Bertz CT molecular complexity index is 609. The summed E-state index contributed by atoms with van der Waals surface area (Å²) in [4.78, 5) is 6.95. The zero-order chi connectivity index (χ0) is 14.8. The molecule has 6 heteroatoms. The van der Waals surface area contributed by atoms with Gasteiger partial charge in [-0.15, -0.1) is 0 Å². The van der Waals surface area contributed by atoms with E-state index in [1.54, 1.807) is 0 Å². The zero-order valence-electron chi connectivity index (χ0n) is 12.9. The summed E-state index contributed by atoms with van der Waals surface area (Å²) in [5, 5.41) is 7.97. The monoisotopic (exact) mass is 289 g/mol. The van der Waals surface area contributed by atoms with E-state index in [1.165, 1.54) is 0 Å². The zero-order valence-corrected chi connectivity index (χ0v) is 12.9. The molecule has 1 N–H and O–H groups in total. The Kier molecular flexibility index (Phi) is 4.07. The molecular weight excluding hydrogens is 266 g/mol. The normalized spacial score (nSPS) is 19.6. The van der Waals surface area contributed by atoms with Gasteiger partial charge in [-0.3, -0.25) is 0 Å². The summed E-state index contributed by atoms with van der Waals surface area (Å²) in [5.74, 6) is 0.997. The van der Waals surface area contributed by atoms with Crippen LogP contribution in [-0.2, 0) is 4.74 Å². The van der Waals surface area contributed by atoms with E-state index in [9.17, 15) is 0 Å². The van der Waals surface area contributed by atoms with Crippen molar-refractivity contribution in [2.24, 2.45) is 0 Å². The highest BCUT2D eigenvalue weighted by Crippen LogP contribution is 2.23. The van der Waals surface area contributed by atoms with Gasteiger partial charge in [-0.1, -0.05) is 13.8 Å². The Hall–Kier alpha value is -1.66. The summed E-state index contributed by atoms with van der Waals surface area (Å²) < 4.78 is 7.55. The lowest BCUT2D eigenvalue weighted by molar-refractivity contribution is 0.0929. The van der Waals surface area contributed by atoms with Crippen LogP contribution in [0.5, 0.6) is 0 Å². The van der Waals surface area contributed by atoms with Crippen LogP contribution in [0.2, 0.25) is 0 Å². The molecule has 3 heterocycles. The Labute approximate surface area is 125 Å². The molecule has 0 aromatic carbocycles. The van der Waals surface area contributed by atoms with E-state index < -0.39 is 0 Å². The highest BCUT2D eigenvalue weighted by Gasteiger charge is 2.26. The van der Waals surface area contributed by atoms with Gasteiger partial charge in [-0.25, -0.2) is 9.50 Å². The second kappa shape index (κ2) is 5.99. The minimum atomic E-state index is 0.301. The lowest BCUT2D eigenvalue weighted by Crippen LogP contribution is -2.51. The maximum Gasteiger partial charge on any atom is 0.155 e. The van der Waals surface area contributed by atoms with E-state index in [4.69, 9.17) is 4.74 Å². The number of hydrogen-bond donors (Lipinski definition) is 1. The summed E-state index contributed by atoms with van der Waals surface area (Å²) in [6.07, 6.45) is 3.71. The molecule has 0 bridgehead atoms. The van der Waals surface area contributed by atoms with Gasteiger partial charge in [0, 0.05) is 31.5 Å². The molecule has 1 saturated heterocycles. The van der Waals surface area contributed by atoms with Crippen LogP contribution in [0.15, 0.2) is 18.5 Å². The summed E-state index contributed by atoms with van der Waals surface area (Å²) in [6.45, 7) is 9.56. The number of anilines is 1. The fourth-order valence-electron chi connectivity index (χ4n) is 2.73. The summed E-state index contributed by atoms with van der Waals surface area (Å²) in [7, 11) is 0. The van der Waals surface area contributed by atoms with E-state index in [-0.39, 0.29) is 0 Å². The maximum absolute atomic E-state index is 5.65. The van der Waals surface area contributed by atoms with Crippen molar-refractivity contribution in [3.63, 3.8) is 0 Å². The first-order valence-corrected chi connectivity index (χ1v) is 7.54. The van der Waals surface area contributed by atoms with Gasteiger partial charge in [0.25, 0.3) is 0 Å². The third-order valence-electron chi connectivity index (χ3n) is 3.75. The largest absolute Gasteiger partial charge is 0.377 e. The van der Waals surface area contributed by atoms with Crippen molar-refractivity contribution >= 4 is 11.3 Å². The second-order valence-corrected chi connectivity index (χ2v) is 5.85. The number of aryl methyl sites for hydroxylation is 1. The van der Waals surface area contributed by atoms with Crippen molar-refractivity contribution in [1.29, 1.82) is 0 Å². The lowest BCUT2D eigenvalue weighted by atomic mass is 10.2. The quantitative estimate of drug-likeness (QED) is 0.918. The van der Waals surface area contributed by atoms with Crippen LogP contribution in [0.3, 0.4) is 0 Å². The molecule has 114 valence electrons. The molecule has 21 heavy (non-hydrogen) atoms. The minimum Gasteiger partial charge on any atom is -0.377 e. The number of nitrogens with zero attached hydrogens (tertiary/aromatic N) is 4. The minimum absolute atomic E-state index is 0.301. The molecule has 0 saturated carbocycles. The van der Waals surface area contributed by atoms with Gasteiger partial charge in [0.15, 0.2) is 5.82 Å². The van der Waals surface area contributed by atoms with Crippen molar-refractivity contribution in [3.05, 3.63) is 24.2 Å². The first kappa shape index (κ1) is 14.3. The van der Waals surface area contributed by atoms with E-state index in [2.05, 4.69) is 40.2 Å². The average molecular weight is 289 g/mol. The number of fused-ring (bicyclic) bond motifs is 1. The van der Waals surface area contributed by atoms with Crippen LogP contribution in [0.4, 0.5) is 5.82 Å². The maximum atomic E-state index is 5.65. The van der Waals surface area contributed by atoms with Gasteiger partial charge < -0.3 is 15.0 Å². The molecule has 0 amide bonds. The predicted molar refractivity (Wildman–Crippen MR) is 82.8 cm³/mol. The highest BCUT2D eigenvalue weighted by atomic mass is 16.5. The predicted octanol–water partition coefficient (Wildman–Crippen LogP) is 1.24. The third-order valence-corrected chi connectivity index (χ3v) is 3.75. The van der Waals surface area contributed by atoms with Gasteiger partial charge >= 0.3 is 0 Å². The fourth-order valence-corrected chi connectivity index (χ4v) is 2.73. The topological polar surface area (TPSA) is 54.7 Å². The van der Waals surface area contributed by atoms with Crippen LogP contribution in [0, 0.1) is 6.92 Å². The van der Waals surface area contributed by atoms with E-state index >= 15 is 0 Å². The standard InChI is InChI=1S/C15H23N5O/c1-11(2)17-9-13-10-21-7-6-19(13)15-14-8-12(3)18-20(14)5-4-16-15/h4-5,8,11,13,17H,6-7,9-10H2,1-3H3. The molecule has 2 aromatic rings. The van der Waals surface area contributed by atoms with Gasteiger partial charge in [0.2, 0.25) is 0 Å². The van der Waals surface area contributed by atoms with Gasteiger partial charge in [-0.2, -0.15) is 5.10 Å². The first-order valence-electron chi connectivity index (χ1n) is 7.54. The van der Waals surface area contributed by atoms with Crippen LogP contribution < -0.4 is 10.2 Å². The molecule has 1 fully saturated rings. The summed E-state index contributed by atoms with van der Waals surface area (Å²) >= 11 is 0. The molecule has 1 unspecified atom stereocenters. The van der Waals surface area contributed by atoms with Crippen molar-refractivity contribution in [3.8, 4) is 0 Å². The molecule has 3 rings (SSSR count). The number of hydrogen-bond acceptors (Lipinski definition) is 5. The van der Waals surface area contributed by atoms with Crippen molar-refractivity contribution in [2.75, 3.05) is 31.2 Å². The van der Waals surface area contributed by atoms with Crippen molar-refractivity contribution in [1.82, 2.24) is 19.9 Å². The smallest absolute Gasteiger partial charge is 0.155 e. The van der Waals surface area contributed by atoms with Crippen LogP contribution in [0.1, 0.15) is 19.5 Å². The summed E-state index contributed by atoms with van der Waals surface area (Å²) in [5.41, 5.74) is 2.07. The fraction of sp³-hybridized carbons (Fsp3) is 0.600.